The lowest BCUT2D eigenvalue weighted by Gasteiger charge is -2.24. The fourth-order valence-corrected chi connectivity index (χ4v) is 4.87. The van der Waals surface area contributed by atoms with Crippen LogP contribution in [0.5, 0.6) is 0 Å². The highest BCUT2D eigenvalue weighted by Gasteiger charge is 2.48. The van der Waals surface area contributed by atoms with Crippen molar-refractivity contribution in [3.8, 4) is 22.8 Å². The Hall–Kier alpha value is -2.99. The molecule has 6 nitrogen and oxygen atoms in total. The molecule has 1 spiro atoms. The number of β-amino-alcohol motifs (C(OH)–C–C–N with tert-alkyl or cyclic N) is 1. The number of carbonyl (C=O) groups is 1. The van der Waals surface area contributed by atoms with Gasteiger partial charge in [-0.3, -0.25) is 4.79 Å². The van der Waals surface area contributed by atoms with E-state index in [1.54, 1.807) is 4.90 Å². The molecule has 148 valence electrons. The van der Waals surface area contributed by atoms with Crippen LogP contribution in [-0.4, -0.2) is 45.8 Å². The number of aromatic nitrogens is 2. The molecular weight excluding hydrogens is 366 g/mol. The molecule has 5 rings (SSSR count). The van der Waals surface area contributed by atoms with Crippen molar-refractivity contribution in [3.63, 3.8) is 0 Å². The Bertz CT molecular complexity index is 1090. The van der Waals surface area contributed by atoms with Gasteiger partial charge >= 0.3 is 0 Å². The van der Waals surface area contributed by atoms with Crippen LogP contribution in [0.4, 0.5) is 0 Å². The number of rotatable bonds is 4. The van der Waals surface area contributed by atoms with Crippen molar-refractivity contribution < 1.29 is 14.4 Å². The predicted octanol–water partition coefficient (Wildman–Crippen LogP) is 3.12. The zero-order valence-electron chi connectivity index (χ0n) is 16.4. The molecule has 1 unspecified atom stereocenters. The van der Waals surface area contributed by atoms with Crippen molar-refractivity contribution in [3.05, 3.63) is 59.2 Å². The van der Waals surface area contributed by atoms with E-state index in [2.05, 4.69) is 16.2 Å². The highest BCUT2D eigenvalue weighted by Crippen LogP contribution is 2.48. The Balaban J connectivity index is 1.51. The minimum Gasteiger partial charge on any atom is -0.395 e. The van der Waals surface area contributed by atoms with Gasteiger partial charge in [-0.05, 0) is 43.0 Å². The molecule has 2 heterocycles. The Morgan fingerprint density at radius 2 is 2.10 bits per heavy atom. The van der Waals surface area contributed by atoms with E-state index in [-0.39, 0.29) is 17.9 Å². The van der Waals surface area contributed by atoms with Crippen LogP contribution >= 0.6 is 0 Å². The van der Waals surface area contributed by atoms with Gasteiger partial charge in [-0.2, -0.15) is 4.98 Å². The molecule has 1 N–H and O–H groups in total. The molecule has 6 heteroatoms. The molecule has 0 saturated carbocycles. The van der Waals surface area contributed by atoms with Crippen LogP contribution in [0.1, 0.15) is 29.5 Å². The molecule has 1 aliphatic heterocycles. The van der Waals surface area contributed by atoms with Crippen LogP contribution in [0.15, 0.2) is 47.0 Å². The highest BCUT2D eigenvalue weighted by molar-refractivity contribution is 5.82. The van der Waals surface area contributed by atoms with Gasteiger partial charge in [0.05, 0.1) is 6.61 Å². The minimum atomic E-state index is -0.166. The normalized spacial score (nSPS) is 20.6. The third kappa shape index (κ3) is 2.95. The van der Waals surface area contributed by atoms with E-state index in [0.717, 1.165) is 29.5 Å². The zero-order valence-corrected chi connectivity index (χ0v) is 16.4. The Morgan fingerprint density at radius 3 is 2.93 bits per heavy atom. The first-order valence-electron chi connectivity index (χ1n) is 10.0. The van der Waals surface area contributed by atoms with E-state index in [9.17, 15) is 9.90 Å². The number of fused-ring (bicyclic) bond motifs is 2. The van der Waals surface area contributed by atoms with Gasteiger partial charge < -0.3 is 14.5 Å². The molecule has 1 saturated heterocycles. The van der Waals surface area contributed by atoms with Crippen LogP contribution < -0.4 is 0 Å². The minimum absolute atomic E-state index is 0.000681. The van der Waals surface area contributed by atoms with Crippen LogP contribution in [0.2, 0.25) is 0 Å². The lowest BCUT2D eigenvalue weighted by molar-refractivity contribution is -0.128. The fraction of sp³-hybridized carbons (Fsp3) is 0.348. The maximum Gasteiger partial charge on any atom is 0.258 e. The number of aliphatic hydroxyl groups excluding tert-OH is 1. The largest absolute Gasteiger partial charge is 0.395 e. The van der Waals surface area contributed by atoms with E-state index < -0.39 is 0 Å². The highest BCUT2D eigenvalue weighted by atomic mass is 16.5. The van der Waals surface area contributed by atoms with Crippen LogP contribution in [0.3, 0.4) is 0 Å². The topological polar surface area (TPSA) is 79.5 Å². The lowest BCUT2D eigenvalue weighted by Crippen LogP contribution is -2.32. The summed E-state index contributed by atoms with van der Waals surface area (Å²) in [5, 5.41) is 13.5. The van der Waals surface area contributed by atoms with Crippen LogP contribution in [0.25, 0.3) is 22.8 Å². The van der Waals surface area contributed by atoms with Crippen LogP contribution in [-0.2, 0) is 16.6 Å². The van der Waals surface area contributed by atoms with Gasteiger partial charge in [-0.15, -0.1) is 0 Å². The number of amides is 1. The quantitative estimate of drug-likeness (QED) is 0.742. The first-order valence-corrected chi connectivity index (χ1v) is 10.0. The molecule has 1 aromatic heterocycles. The molecule has 29 heavy (non-hydrogen) atoms. The average Bonchev–Trinajstić information content (AvgIpc) is 3.41. The molecule has 1 atom stereocenters. The summed E-state index contributed by atoms with van der Waals surface area (Å²) in [6.07, 6.45) is 2.32. The molecule has 3 aromatic rings. The number of benzene rings is 2. The summed E-state index contributed by atoms with van der Waals surface area (Å²) in [5.41, 5.74) is 5.29. The maximum absolute atomic E-state index is 12.5. The SMILES string of the molecule is Cc1cccc(-c2nc(-c3cccc4c3CCC43CC(=O)N(CCO)C3)no2)c1. The monoisotopic (exact) mass is 389 g/mol. The van der Waals surface area contributed by atoms with Gasteiger partial charge in [0.15, 0.2) is 0 Å². The fourth-order valence-electron chi connectivity index (χ4n) is 4.87. The summed E-state index contributed by atoms with van der Waals surface area (Å²) in [4.78, 5) is 18.9. The lowest BCUT2D eigenvalue weighted by atomic mass is 9.80. The van der Waals surface area contributed by atoms with Gasteiger partial charge in [-0.25, -0.2) is 0 Å². The Kier molecular flexibility index (Phi) is 4.24. The number of hydrogen-bond donors (Lipinski definition) is 1. The average molecular weight is 389 g/mol. The molecule has 1 amide bonds. The van der Waals surface area contributed by atoms with Crippen molar-refractivity contribution in [1.29, 1.82) is 0 Å². The third-order valence-electron chi connectivity index (χ3n) is 6.24. The number of likely N-dealkylation sites (tertiary alicyclic amines) is 1. The van der Waals surface area contributed by atoms with Gasteiger partial charge in [0.25, 0.3) is 5.89 Å². The molecule has 0 bridgehead atoms. The number of carbonyl (C=O) groups excluding carboxylic acids is 1. The number of nitrogens with zero attached hydrogens (tertiary/aromatic N) is 3. The van der Waals surface area contributed by atoms with Crippen molar-refractivity contribution in [1.82, 2.24) is 15.0 Å². The van der Waals surface area contributed by atoms with Crippen molar-refractivity contribution in [2.75, 3.05) is 19.7 Å². The number of aliphatic hydroxyl groups is 1. The maximum atomic E-state index is 12.5. The molecule has 2 aromatic carbocycles. The summed E-state index contributed by atoms with van der Waals surface area (Å²) < 4.78 is 5.55. The first kappa shape index (κ1) is 18.1. The molecule has 1 fully saturated rings. The second-order valence-corrected chi connectivity index (χ2v) is 8.12. The smallest absolute Gasteiger partial charge is 0.258 e. The van der Waals surface area contributed by atoms with Gasteiger partial charge in [0, 0.05) is 36.1 Å². The molecule has 0 radical (unpaired) electrons. The van der Waals surface area contributed by atoms with Gasteiger partial charge in [-0.1, -0.05) is 41.1 Å². The Morgan fingerprint density at radius 1 is 1.24 bits per heavy atom. The molecule has 2 aliphatic rings. The van der Waals surface area contributed by atoms with E-state index in [4.69, 9.17) is 4.52 Å². The zero-order chi connectivity index (χ0) is 20.0. The van der Waals surface area contributed by atoms with E-state index >= 15 is 0 Å². The number of hydrogen-bond acceptors (Lipinski definition) is 5. The predicted molar refractivity (Wildman–Crippen MR) is 108 cm³/mol. The Labute approximate surface area is 169 Å². The van der Waals surface area contributed by atoms with Crippen molar-refractivity contribution >= 4 is 5.91 Å². The summed E-state index contributed by atoms with van der Waals surface area (Å²) >= 11 is 0. The second-order valence-electron chi connectivity index (χ2n) is 8.12. The van der Waals surface area contributed by atoms with E-state index in [1.165, 1.54) is 11.1 Å². The van der Waals surface area contributed by atoms with Crippen molar-refractivity contribution in [2.24, 2.45) is 0 Å². The molecule has 1 aliphatic carbocycles. The summed E-state index contributed by atoms with van der Waals surface area (Å²) in [5.74, 6) is 1.23. The summed E-state index contributed by atoms with van der Waals surface area (Å²) in [6.45, 7) is 3.11. The second kappa shape index (κ2) is 6.81. The van der Waals surface area contributed by atoms with Crippen LogP contribution in [0, 0.1) is 6.92 Å². The van der Waals surface area contributed by atoms with E-state index in [0.29, 0.717) is 31.2 Å². The standard InChI is InChI=1S/C23H23N3O3/c1-15-4-2-5-16(12-15)22-24-21(25-29-22)18-6-3-7-19-17(18)8-9-23(19)13-20(28)26(14-23)10-11-27/h2-7,12,27H,8-11,13-14H2,1H3. The first-order chi connectivity index (χ1) is 14.1. The van der Waals surface area contributed by atoms with Gasteiger partial charge in [0.1, 0.15) is 0 Å². The summed E-state index contributed by atoms with van der Waals surface area (Å²) in [6, 6.07) is 14.2. The van der Waals surface area contributed by atoms with E-state index in [1.807, 2.05) is 43.3 Å². The molecular formula is C23H23N3O3. The van der Waals surface area contributed by atoms with Gasteiger partial charge in [0.2, 0.25) is 11.7 Å². The number of aryl methyl sites for hydroxylation is 1. The van der Waals surface area contributed by atoms with Crippen molar-refractivity contribution in [2.45, 2.75) is 31.6 Å². The third-order valence-corrected chi connectivity index (χ3v) is 6.24. The summed E-state index contributed by atoms with van der Waals surface area (Å²) in [7, 11) is 0.